The van der Waals surface area contributed by atoms with E-state index < -0.39 is 0 Å². The average molecular weight is 211 g/mol. The van der Waals surface area contributed by atoms with Crippen LogP contribution in [0.3, 0.4) is 0 Å². The summed E-state index contributed by atoms with van der Waals surface area (Å²) in [5, 5.41) is 8.83. The highest BCUT2D eigenvalue weighted by atomic mass is 16.5. The summed E-state index contributed by atoms with van der Waals surface area (Å²) in [6.45, 7) is 0.395. The first-order valence-corrected chi connectivity index (χ1v) is 4.76. The van der Waals surface area contributed by atoms with Gasteiger partial charge in [-0.15, -0.1) is 0 Å². The second-order valence-corrected chi connectivity index (χ2v) is 3.13. The summed E-state index contributed by atoms with van der Waals surface area (Å²) in [6.07, 6.45) is 6.52. The lowest BCUT2D eigenvalue weighted by Gasteiger charge is -2.06. The third-order valence-electron chi connectivity index (χ3n) is 2.02. The number of pyridine rings is 2. The fourth-order valence-electron chi connectivity index (χ4n) is 1.24. The summed E-state index contributed by atoms with van der Waals surface area (Å²) in [7, 11) is 0. The van der Waals surface area contributed by atoms with Crippen LogP contribution >= 0.6 is 0 Å². The Labute approximate surface area is 93.2 Å². The van der Waals surface area contributed by atoms with Crippen molar-refractivity contribution in [3.63, 3.8) is 0 Å². The number of aromatic nitrogens is 2. The molecular weight excluding hydrogens is 202 g/mol. The fraction of sp³-hybridized carbons (Fsp3) is 0.0833. The summed E-state index contributed by atoms with van der Waals surface area (Å²) in [5.74, 6) is 0.543. The molecule has 0 saturated heterocycles. The molecule has 0 N–H and O–H groups in total. The van der Waals surface area contributed by atoms with Crippen molar-refractivity contribution in [1.82, 2.24) is 9.97 Å². The third-order valence-corrected chi connectivity index (χ3v) is 2.02. The van der Waals surface area contributed by atoms with Gasteiger partial charge in [-0.3, -0.25) is 9.97 Å². The normalized spacial score (nSPS) is 9.44. The predicted octanol–water partition coefficient (Wildman–Crippen LogP) is 1.93. The first-order valence-electron chi connectivity index (χ1n) is 4.76. The SMILES string of the molecule is N#Cc1cnccc1OCc1cccnc1. The van der Waals surface area contributed by atoms with Gasteiger partial charge in [0, 0.05) is 30.4 Å². The van der Waals surface area contributed by atoms with Crippen LogP contribution in [-0.2, 0) is 6.61 Å². The molecule has 0 aliphatic carbocycles. The van der Waals surface area contributed by atoms with E-state index in [4.69, 9.17) is 10.00 Å². The van der Waals surface area contributed by atoms with Crippen molar-refractivity contribution in [3.05, 3.63) is 54.1 Å². The largest absolute Gasteiger partial charge is 0.487 e. The molecule has 0 aliphatic rings. The van der Waals surface area contributed by atoms with Gasteiger partial charge in [-0.1, -0.05) is 6.07 Å². The van der Waals surface area contributed by atoms with E-state index in [-0.39, 0.29) is 0 Å². The van der Waals surface area contributed by atoms with E-state index in [0.717, 1.165) is 5.56 Å². The minimum atomic E-state index is 0.395. The third kappa shape index (κ3) is 2.34. The summed E-state index contributed by atoms with van der Waals surface area (Å²) in [4.78, 5) is 7.84. The molecule has 78 valence electrons. The molecule has 2 aromatic heterocycles. The summed E-state index contributed by atoms with van der Waals surface area (Å²) in [6, 6.07) is 7.46. The van der Waals surface area contributed by atoms with Gasteiger partial charge >= 0.3 is 0 Å². The Kier molecular flexibility index (Phi) is 3.10. The standard InChI is InChI=1S/C12H9N3O/c13-6-11-8-15-5-3-12(11)16-9-10-2-1-4-14-7-10/h1-5,7-8H,9H2. The maximum atomic E-state index is 8.83. The van der Waals surface area contributed by atoms with Crippen molar-refractivity contribution in [3.8, 4) is 11.8 Å². The Balaban J connectivity index is 2.09. The lowest BCUT2D eigenvalue weighted by Crippen LogP contribution is -1.97. The van der Waals surface area contributed by atoms with Gasteiger partial charge in [0.05, 0.1) is 0 Å². The minimum absolute atomic E-state index is 0.395. The van der Waals surface area contributed by atoms with Crippen LogP contribution in [0, 0.1) is 11.3 Å². The molecule has 0 saturated carbocycles. The van der Waals surface area contributed by atoms with Crippen LogP contribution in [0.25, 0.3) is 0 Å². The molecule has 0 aliphatic heterocycles. The number of ether oxygens (including phenoxy) is 1. The van der Waals surface area contributed by atoms with Crippen molar-refractivity contribution in [2.24, 2.45) is 0 Å². The lowest BCUT2D eigenvalue weighted by atomic mass is 10.3. The molecule has 0 unspecified atom stereocenters. The van der Waals surface area contributed by atoms with Gasteiger partial charge in [0.15, 0.2) is 0 Å². The molecule has 16 heavy (non-hydrogen) atoms. The van der Waals surface area contributed by atoms with Crippen LogP contribution in [0.1, 0.15) is 11.1 Å². The van der Waals surface area contributed by atoms with E-state index in [2.05, 4.69) is 9.97 Å². The average Bonchev–Trinajstić information content (AvgIpc) is 2.38. The minimum Gasteiger partial charge on any atom is -0.487 e. The Hall–Kier alpha value is -2.41. The molecule has 2 rings (SSSR count). The number of rotatable bonds is 3. The van der Waals surface area contributed by atoms with Crippen LogP contribution in [0.2, 0.25) is 0 Å². The molecule has 0 fully saturated rings. The fourth-order valence-corrected chi connectivity index (χ4v) is 1.24. The number of hydrogen-bond donors (Lipinski definition) is 0. The molecule has 0 bridgehead atoms. The first kappa shape index (κ1) is 10.1. The van der Waals surface area contributed by atoms with E-state index in [1.807, 2.05) is 18.2 Å². The monoisotopic (exact) mass is 211 g/mol. The Morgan fingerprint density at radius 3 is 2.81 bits per heavy atom. The van der Waals surface area contributed by atoms with E-state index in [0.29, 0.717) is 17.9 Å². The van der Waals surface area contributed by atoms with Crippen molar-refractivity contribution in [1.29, 1.82) is 5.26 Å². The Morgan fingerprint density at radius 2 is 2.06 bits per heavy atom. The van der Waals surface area contributed by atoms with Gasteiger partial charge in [-0.25, -0.2) is 0 Å². The van der Waals surface area contributed by atoms with Gasteiger partial charge in [0.25, 0.3) is 0 Å². The molecule has 0 amide bonds. The van der Waals surface area contributed by atoms with Crippen molar-refractivity contribution in [2.45, 2.75) is 6.61 Å². The molecule has 2 aromatic rings. The second kappa shape index (κ2) is 4.89. The van der Waals surface area contributed by atoms with Crippen LogP contribution < -0.4 is 4.74 Å². The van der Waals surface area contributed by atoms with E-state index in [9.17, 15) is 0 Å². The van der Waals surface area contributed by atoms with Gasteiger partial charge < -0.3 is 4.74 Å². The summed E-state index contributed by atoms with van der Waals surface area (Å²) < 4.78 is 5.51. The topological polar surface area (TPSA) is 58.8 Å². The van der Waals surface area contributed by atoms with Gasteiger partial charge in [0.1, 0.15) is 24.0 Å². The molecule has 4 nitrogen and oxygen atoms in total. The maximum absolute atomic E-state index is 8.83. The maximum Gasteiger partial charge on any atom is 0.140 e. The van der Waals surface area contributed by atoms with Crippen LogP contribution in [0.5, 0.6) is 5.75 Å². The highest BCUT2D eigenvalue weighted by molar-refractivity contribution is 5.40. The zero-order valence-corrected chi connectivity index (χ0v) is 8.50. The highest BCUT2D eigenvalue weighted by Gasteiger charge is 2.02. The Bertz CT molecular complexity index is 505. The quantitative estimate of drug-likeness (QED) is 0.778. The van der Waals surface area contributed by atoms with Crippen LogP contribution in [0.4, 0.5) is 0 Å². The second-order valence-electron chi connectivity index (χ2n) is 3.13. The lowest BCUT2D eigenvalue weighted by molar-refractivity contribution is 0.304. The van der Waals surface area contributed by atoms with Gasteiger partial charge in [-0.2, -0.15) is 5.26 Å². The van der Waals surface area contributed by atoms with E-state index in [1.54, 1.807) is 24.7 Å². The van der Waals surface area contributed by atoms with Gasteiger partial charge in [-0.05, 0) is 12.1 Å². The summed E-state index contributed by atoms with van der Waals surface area (Å²) >= 11 is 0. The van der Waals surface area contributed by atoms with Gasteiger partial charge in [0.2, 0.25) is 0 Å². The Morgan fingerprint density at radius 1 is 1.19 bits per heavy atom. The zero-order valence-electron chi connectivity index (χ0n) is 8.50. The van der Waals surface area contributed by atoms with Crippen LogP contribution in [-0.4, -0.2) is 9.97 Å². The van der Waals surface area contributed by atoms with E-state index in [1.165, 1.54) is 6.20 Å². The molecule has 4 heteroatoms. The van der Waals surface area contributed by atoms with Crippen LogP contribution in [0.15, 0.2) is 43.0 Å². The highest BCUT2D eigenvalue weighted by Crippen LogP contribution is 2.16. The smallest absolute Gasteiger partial charge is 0.140 e. The first-order chi connectivity index (χ1) is 7.90. The molecule has 0 radical (unpaired) electrons. The molecular formula is C12H9N3O. The molecule has 0 aromatic carbocycles. The zero-order chi connectivity index (χ0) is 11.2. The summed E-state index contributed by atoms with van der Waals surface area (Å²) in [5.41, 5.74) is 1.40. The molecule has 0 atom stereocenters. The van der Waals surface area contributed by atoms with Crippen molar-refractivity contribution < 1.29 is 4.74 Å². The van der Waals surface area contributed by atoms with E-state index >= 15 is 0 Å². The number of hydrogen-bond acceptors (Lipinski definition) is 4. The number of nitriles is 1. The molecule has 0 spiro atoms. The number of nitrogens with zero attached hydrogens (tertiary/aromatic N) is 3. The predicted molar refractivity (Wildman–Crippen MR) is 57.5 cm³/mol. The van der Waals surface area contributed by atoms with Crippen molar-refractivity contribution >= 4 is 0 Å². The molecule has 2 heterocycles. The van der Waals surface area contributed by atoms with Crippen molar-refractivity contribution in [2.75, 3.05) is 0 Å².